The van der Waals surface area contributed by atoms with Gasteiger partial charge in [-0.25, -0.2) is 9.59 Å². The van der Waals surface area contributed by atoms with Crippen LogP contribution in [0, 0.1) is 11.3 Å². The molecule has 6 heteroatoms. The average molecular weight is 479 g/mol. The van der Waals surface area contributed by atoms with Crippen LogP contribution in [-0.4, -0.2) is 46.1 Å². The Labute approximate surface area is 206 Å². The molecule has 2 aliphatic carbocycles. The second-order valence-electron chi connectivity index (χ2n) is 11.3. The number of carbonyl (C=O) groups excluding carboxylic acids is 2. The summed E-state index contributed by atoms with van der Waals surface area (Å²) in [5.41, 5.74) is -2.77. The number of esters is 2. The van der Waals surface area contributed by atoms with Crippen LogP contribution < -0.4 is 0 Å². The minimum Gasteiger partial charge on any atom is -0.458 e. The van der Waals surface area contributed by atoms with E-state index in [1.54, 1.807) is 55.5 Å². The molecule has 1 N–H and O–H groups in total. The standard InChI is InChI=1S/C29H34O6/c1-26(2)21-17-23(34-25(31)20-13-9-6-10-14-20)28(4)22(33-24(30)19-11-7-5-8-12-19)15-16-27(3,32)29(28,18-21)35-26/h5-14,21-23,32H,15-18H2,1-4H3/t21-,22+,23+,27+,28+,29+/m1/s1. The summed E-state index contributed by atoms with van der Waals surface area (Å²) in [5.74, 6) is -0.773. The average Bonchev–Trinajstić information content (AvgIpc) is 3.09. The fourth-order valence-corrected chi connectivity index (χ4v) is 6.81. The molecule has 2 aromatic carbocycles. The summed E-state index contributed by atoms with van der Waals surface area (Å²) in [6, 6.07) is 17.8. The van der Waals surface area contributed by atoms with Crippen molar-refractivity contribution in [3.8, 4) is 0 Å². The SMILES string of the molecule is CC1(C)O[C@]23C[C@H]1C[C@H](OC(=O)c1ccccc1)[C@]2(C)[C@@H](OC(=O)c1ccccc1)CC[C@]3(C)O. The minimum absolute atomic E-state index is 0.0826. The summed E-state index contributed by atoms with van der Waals surface area (Å²) in [6.45, 7) is 7.83. The first-order chi connectivity index (χ1) is 16.5. The lowest BCUT2D eigenvalue weighted by atomic mass is 9.49. The van der Waals surface area contributed by atoms with E-state index in [1.807, 2.05) is 32.9 Å². The third-order valence-corrected chi connectivity index (χ3v) is 8.94. The highest BCUT2D eigenvalue weighted by Crippen LogP contribution is 2.67. The number of hydrogen-bond acceptors (Lipinski definition) is 6. The number of hydrogen-bond donors (Lipinski definition) is 1. The van der Waals surface area contributed by atoms with Gasteiger partial charge in [-0.05, 0) is 83.6 Å². The summed E-state index contributed by atoms with van der Waals surface area (Å²) in [5, 5.41) is 11.8. The van der Waals surface area contributed by atoms with Gasteiger partial charge in [0.2, 0.25) is 0 Å². The molecule has 3 fully saturated rings. The Kier molecular flexibility index (Phi) is 5.61. The van der Waals surface area contributed by atoms with Gasteiger partial charge in [-0.3, -0.25) is 0 Å². The molecule has 2 aromatic rings. The van der Waals surface area contributed by atoms with Gasteiger partial charge in [0.1, 0.15) is 17.8 Å². The van der Waals surface area contributed by atoms with Crippen LogP contribution in [0.1, 0.15) is 74.1 Å². The van der Waals surface area contributed by atoms with Gasteiger partial charge >= 0.3 is 11.9 Å². The zero-order valence-electron chi connectivity index (χ0n) is 20.8. The van der Waals surface area contributed by atoms with Crippen molar-refractivity contribution in [1.82, 2.24) is 0 Å². The van der Waals surface area contributed by atoms with E-state index in [2.05, 4.69) is 0 Å². The van der Waals surface area contributed by atoms with Gasteiger partial charge in [-0.2, -0.15) is 0 Å². The molecule has 0 amide bonds. The van der Waals surface area contributed by atoms with Gasteiger partial charge in [0.25, 0.3) is 0 Å². The molecule has 2 saturated carbocycles. The van der Waals surface area contributed by atoms with E-state index in [9.17, 15) is 14.7 Å². The molecule has 0 aromatic heterocycles. The van der Waals surface area contributed by atoms with E-state index in [0.717, 1.165) is 0 Å². The molecule has 1 aliphatic heterocycles. The third-order valence-electron chi connectivity index (χ3n) is 8.94. The second-order valence-corrected chi connectivity index (χ2v) is 11.3. The topological polar surface area (TPSA) is 82.1 Å². The monoisotopic (exact) mass is 478 g/mol. The maximum atomic E-state index is 13.2. The number of rotatable bonds is 4. The highest BCUT2D eigenvalue weighted by molar-refractivity contribution is 5.90. The molecule has 0 unspecified atom stereocenters. The Morgan fingerprint density at radius 1 is 0.857 bits per heavy atom. The summed E-state index contributed by atoms with van der Waals surface area (Å²) in [7, 11) is 0. The van der Waals surface area contributed by atoms with Crippen molar-refractivity contribution in [2.45, 2.75) is 82.4 Å². The lowest BCUT2D eigenvalue weighted by Crippen LogP contribution is -2.74. The molecule has 186 valence electrons. The van der Waals surface area contributed by atoms with Crippen molar-refractivity contribution >= 4 is 11.9 Å². The summed E-state index contributed by atoms with van der Waals surface area (Å²) in [4.78, 5) is 26.3. The van der Waals surface area contributed by atoms with E-state index in [4.69, 9.17) is 14.2 Å². The second kappa shape index (κ2) is 8.17. The smallest absolute Gasteiger partial charge is 0.338 e. The van der Waals surface area contributed by atoms with Crippen LogP contribution in [0.5, 0.6) is 0 Å². The van der Waals surface area contributed by atoms with Crippen molar-refractivity contribution < 1.29 is 28.9 Å². The van der Waals surface area contributed by atoms with Crippen LogP contribution in [0.25, 0.3) is 0 Å². The largest absolute Gasteiger partial charge is 0.458 e. The molecule has 1 spiro atoms. The molecule has 1 heterocycles. The molecule has 6 atom stereocenters. The fraction of sp³-hybridized carbons (Fsp3) is 0.517. The van der Waals surface area contributed by atoms with Crippen molar-refractivity contribution in [2.24, 2.45) is 11.3 Å². The van der Waals surface area contributed by atoms with Gasteiger partial charge in [0.15, 0.2) is 0 Å². The maximum Gasteiger partial charge on any atom is 0.338 e. The van der Waals surface area contributed by atoms with Crippen molar-refractivity contribution in [1.29, 1.82) is 0 Å². The number of aliphatic hydroxyl groups is 1. The first-order valence-electron chi connectivity index (χ1n) is 12.4. The first kappa shape index (κ1) is 24.0. The molecular weight excluding hydrogens is 444 g/mol. The van der Waals surface area contributed by atoms with E-state index < -0.39 is 46.4 Å². The lowest BCUT2D eigenvalue weighted by Gasteiger charge is -2.62. The predicted molar refractivity (Wildman–Crippen MR) is 130 cm³/mol. The molecule has 0 radical (unpaired) electrons. The predicted octanol–water partition coefficient (Wildman–Crippen LogP) is 4.95. The van der Waals surface area contributed by atoms with Crippen LogP contribution in [0.3, 0.4) is 0 Å². The Morgan fingerprint density at radius 3 is 1.91 bits per heavy atom. The normalized spacial score (nSPS) is 37.2. The van der Waals surface area contributed by atoms with Crippen molar-refractivity contribution in [3.05, 3.63) is 71.8 Å². The zero-order valence-corrected chi connectivity index (χ0v) is 20.8. The Morgan fingerprint density at radius 2 is 1.37 bits per heavy atom. The van der Waals surface area contributed by atoms with Gasteiger partial charge in [-0.1, -0.05) is 36.4 Å². The van der Waals surface area contributed by atoms with Crippen LogP contribution in [0.15, 0.2) is 60.7 Å². The Balaban J connectivity index is 1.56. The molecular formula is C29H34O6. The first-order valence-corrected chi connectivity index (χ1v) is 12.4. The number of ether oxygens (including phenoxy) is 3. The summed E-state index contributed by atoms with van der Waals surface area (Å²) < 4.78 is 19.1. The zero-order chi connectivity index (χ0) is 25.1. The van der Waals surface area contributed by atoms with Gasteiger partial charge < -0.3 is 19.3 Å². The van der Waals surface area contributed by atoms with Crippen LogP contribution in [0.2, 0.25) is 0 Å². The highest BCUT2D eigenvalue weighted by Gasteiger charge is 2.77. The number of carbonyl (C=O) groups is 2. The van der Waals surface area contributed by atoms with Gasteiger partial charge in [0, 0.05) is 0 Å². The van der Waals surface area contributed by atoms with Crippen LogP contribution in [0.4, 0.5) is 0 Å². The molecule has 1 saturated heterocycles. The molecule has 3 aliphatic rings. The van der Waals surface area contributed by atoms with E-state index in [-0.39, 0.29) is 5.92 Å². The Hall–Kier alpha value is -2.70. The van der Waals surface area contributed by atoms with Crippen LogP contribution in [-0.2, 0) is 14.2 Å². The highest BCUT2D eigenvalue weighted by atomic mass is 16.6. The number of benzene rings is 2. The van der Waals surface area contributed by atoms with Crippen LogP contribution >= 0.6 is 0 Å². The fourth-order valence-electron chi connectivity index (χ4n) is 6.81. The molecule has 2 bridgehead atoms. The molecule has 6 nitrogen and oxygen atoms in total. The Bertz CT molecular complexity index is 1110. The van der Waals surface area contributed by atoms with Gasteiger partial charge in [0.05, 0.1) is 27.7 Å². The van der Waals surface area contributed by atoms with E-state index in [0.29, 0.717) is 36.8 Å². The summed E-state index contributed by atoms with van der Waals surface area (Å²) in [6.07, 6.45) is 0.839. The minimum atomic E-state index is -1.18. The van der Waals surface area contributed by atoms with E-state index >= 15 is 0 Å². The third kappa shape index (κ3) is 3.61. The summed E-state index contributed by atoms with van der Waals surface area (Å²) >= 11 is 0. The quantitative estimate of drug-likeness (QED) is 0.627. The number of fused-ring (bicyclic) bond motifs is 1. The maximum absolute atomic E-state index is 13.2. The van der Waals surface area contributed by atoms with E-state index in [1.165, 1.54) is 0 Å². The van der Waals surface area contributed by atoms with Gasteiger partial charge in [-0.15, -0.1) is 0 Å². The molecule has 35 heavy (non-hydrogen) atoms. The van der Waals surface area contributed by atoms with Crippen molar-refractivity contribution in [2.75, 3.05) is 0 Å². The van der Waals surface area contributed by atoms with Crippen molar-refractivity contribution in [3.63, 3.8) is 0 Å². The molecule has 5 rings (SSSR count). The lowest BCUT2D eigenvalue weighted by molar-refractivity contribution is -0.302.